The maximum absolute atomic E-state index is 12.7. The van der Waals surface area contributed by atoms with E-state index in [0.29, 0.717) is 0 Å². The van der Waals surface area contributed by atoms with Gasteiger partial charge in [-0.05, 0) is 43.3 Å². The van der Waals surface area contributed by atoms with Gasteiger partial charge in [-0.3, -0.25) is 4.79 Å². The molecule has 1 aliphatic rings. The van der Waals surface area contributed by atoms with Crippen LogP contribution in [0.1, 0.15) is 19.8 Å². The number of hydrogen-bond donors (Lipinski definition) is 1. The van der Waals surface area contributed by atoms with Gasteiger partial charge >= 0.3 is 0 Å². The third-order valence-electron chi connectivity index (χ3n) is 4.25. The molecule has 1 fully saturated rings. The molecule has 5 nitrogen and oxygen atoms in total. The number of benzene rings is 1. The SMILES string of the molecule is CCn1c(SC2(C(=O)Nc3ccccc3)CC2)nnc1-c1ccsc1. The summed E-state index contributed by atoms with van der Waals surface area (Å²) in [6.07, 6.45) is 1.72. The smallest absolute Gasteiger partial charge is 0.241 e. The Bertz CT molecular complexity index is 870. The molecule has 2 heterocycles. The van der Waals surface area contributed by atoms with Gasteiger partial charge in [-0.15, -0.1) is 10.2 Å². The average molecular weight is 371 g/mol. The van der Waals surface area contributed by atoms with Crippen LogP contribution < -0.4 is 5.32 Å². The van der Waals surface area contributed by atoms with Gasteiger partial charge in [0.1, 0.15) is 4.75 Å². The van der Waals surface area contributed by atoms with E-state index in [1.54, 1.807) is 11.3 Å². The van der Waals surface area contributed by atoms with E-state index in [0.717, 1.165) is 41.6 Å². The van der Waals surface area contributed by atoms with E-state index in [1.165, 1.54) is 11.8 Å². The summed E-state index contributed by atoms with van der Waals surface area (Å²) < 4.78 is 1.66. The van der Waals surface area contributed by atoms with Crippen molar-refractivity contribution in [2.75, 3.05) is 5.32 Å². The minimum Gasteiger partial charge on any atom is -0.325 e. The molecule has 0 atom stereocenters. The van der Waals surface area contributed by atoms with Crippen LogP contribution in [0.15, 0.2) is 52.3 Å². The fourth-order valence-electron chi connectivity index (χ4n) is 2.68. The molecule has 1 aliphatic carbocycles. The molecular weight excluding hydrogens is 352 g/mol. The van der Waals surface area contributed by atoms with Crippen LogP contribution in [0.4, 0.5) is 5.69 Å². The molecule has 3 aromatic rings. The number of hydrogen-bond acceptors (Lipinski definition) is 5. The van der Waals surface area contributed by atoms with Crippen molar-refractivity contribution in [1.82, 2.24) is 14.8 Å². The highest BCUT2D eigenvalue weighted by Gasteiger charge is 2.52. The molecule has 1 aromatic carbocycles. The molecule has 4 rings (SSSR count). The molecular formula is C18H18N4OS2. The molecule has 0 spiro atoms. The van der Waals surface area contributed by atoms with Crippen LogP contribution in [0.5, 0.6) is 0 Å². The summed E-state index contributed by atoms with van der Waals surface area (Å²) in [5, 5.41) is 16.6. The number of carbonyl (C=O) groups excluding carboxylic acids is 1. The standard InChI is InChI=1S/C18H18N4OS2/c1-2-22-15(13-8-11-24-12-13)20-21-17(22)25-18(9-10-18)16(23)19-14-6-4-3-5-7-14/h3-8,11-12H,2,9-10H2,1H3,(H,19,23). The number of thiophene rings is 1. The lowest BCUT2D eigenvalue weighted by Gasteiger charge is -2.15. The lowest BCUT2D eigenvalue weighted by Crippen LogP contribution is -2.27. The molecule has 128 valence electrons. The summed E-state index contributed by atoms with van der Waals surface area (Å²) >= 11 is 3.18. The fourth-order valence-corrected chi connectivity index (χ4v) is 4.53. The number of nitrogens with zero attached hydrogens (tertiary/aromatic N) is 3. The lowest BCUT2D eigenvalue weighted by atomic mass is 10.3. The third-order valence-corrected chi connectivity index (χ3v) is 6.40. The van der Waals surface area contributed by atoms with Gasteiger partial charge < -0.3 is 9.88 Å². The summed E-state index contributed by atoms with van der Waals surface area (Å²) in [6, 6.07) is 11.6. The Morgan fingerprint density at radius 1 is 1.28 bits per heavy atom. The van der Waals surface area contributed by atoms with Crippen molar-refractivity contribution < 1.29 is 4.79 Å². The van der Waals surface area contributed by atoms with E-state index < -0.39 is 4.75 Å². The number of anilines is 1. The number of para-hydroxylation sites is 1. The second-order valence-electron chi connectivity index (χ2n) is 5.98. The molecule has 0 radical (unpaired) electrons. The highest BCUT2D eigenvalue weighted by atomic mass is 32.2. The van der Waals surface area contributed by atoms with E-state index in [4.69, 9.17) is 0 Å². The maximum Gasteiger partial charge on any atom is 0.241 e. The number of nitrogens with one attached hydrogen (secondary N) is 1. The minimum absolute atomic E-state index is 0.0476. The first-order valence-electron chi connectivity index (χ1n) is 8.23. The monoisotopic (exact) mass is 370 g/mol. The third kappa shape index (κ3) is 3.21. The molecule has 0 saturated heterocycles. The van der Waals surface area contributed by atoms with Crippen molar-refractivity contribution in [3.05, 3.63) is 47.2 Å². The van der Waals surface area contributed by atoms with Crippen LogP contribution in [0.2, 0.25) is 0 Å². The van der Waals surface area contributed by atoms with E-state index >= 15 is 0 Å². The van der Waals surface area contributed by atoms with Crippen LogP contribution in [-0.4, -0.2) is 25.4 Å². The molecule has 0 aliphatic heterocycles. The van der Waals surface area contributed by atoms with E-state index in [1.807, 2.05) is 41.8 Å². The zero-order valence-corrected chi connectivity index (χ0v) is 15.4. The molecule has 25 heavy (non-hydrogen) atoms. The Kier molecular flexibility index (Phi) is 4.35. The van der Waals surface area contributed by atoms with Crippen LogP contribution in [-0.2, 0) is 11.3 Å². The second-order valence-corrected chi connectivity index (χ2v) is 8.11. The molecule has 1 N–H and O–H groups in total. The largest absolute Gasteiger partial charge is 0.325 e. The van der Waals surface area contributed by atoms with Crippen LogP contribution in [0.3, 0.4) is 0 Å². The molecule has 2 aromatic heterocycles. The molecule has 0 unspecified atom stereocenters. The van der Waals surface area contributed by atoms with Gasteiger partial charge in [0.05, 0.1) is 0 Å². The maximum atomic E-state index is 12.7. The van der Waals surface area contributed by atoms with Gasteiger partial charge in [0.15, 0.2) is 11.0 Å². The van der Waals surface area contributed by atoms with Crippen LogP contribution >= 0.6 is 23.1 Å². The molecule has 0 bridgehead atoms. The normalized spacial score (nSPS) is 15.1. The quantitative estimate of drug-likeness (QED) is 0.703. The number of thioether (sulfide) groups is 1. The predicted molar refractivity (Wildman–Crippen MR) is 102 cm³/mol. The molecule has 1 saturated carbocycles. The number of carbonyl (C=O) groups is 1. The van der Waals surface area contributed by atoms with Crippen molar-refractivity contribution in [2.45, 2.75) is 36.2 Å². The Hall–Kier alpha value is -2.12. The van der Waals surface area contributed by atoms with Gasteiger partial charge in [0.25, 0.3) is 0 Å². The second kappa shape index (κ2) is 6.65. The Morgan fingerprint density at radius 2 is 2.08 bits per heavy atom. The predicted octanol–water partition coefficient (Wildman–Crippen LogP) is 4.29. The first-order valence-corrected chi connectivity index (χ1v) is 9.99. The van der Waals surface area contributed by atoms with Crippen molar-refractivity contribution in [1.29, 1.82) is 0 Å². The first kappa shape index (κ1) is 16.4. The van der Waals surface area contributed by atoms with Gasteiger partial charge in [-0.2, -0.15) is 11.3 Å². The molecule has 7 heteroatoms. The Morgan fingerprint density at radius 3 is 2.72 bits per heavy atom. The van der Waals surface area contributed by atoms with Gasteiger partial charge in [0.2, 0.25) is 5.91 Å². The highest BCUT2D eigenvalue weighted by molar-refractivity contribution is 8.01. The van der Waals surface area contributed by atoms with E-state index in [9.17, 15) is 4.79 Å². The van der Waals surface area contributed by atoms with Crippen molar-refractivity contribution in [2.24, 2.45) is 0 Å². The van der Waals surface area contributed by atoms with Gasteiger partial charge in [0, 0.05) is 23.2 Å². The Labute approximate surface area is 154 Å². The number of amides is 1. The fraction of sp³-hybridized carbons (Fsp3) is 0.278. The number of aromatic nitrogens is 3. The van der Waals surface area contributed by atoms with Crippen LogP contribution in [0.25, 0.3) is 11.4 Å². The summed E-state index contributed by atoms with van der Waals surface area (Å²) in [5.74, 6) is 0.914. The van der Waals surface area contributed by atoms with Crippen molar-refractivity contribution in [3.8, 4) is 11.4 Å². The van der Waals surface area contributed by atoms with Crippen LogP contribution in [0, 0.1) is 0 Å². The number of rotatable bonds is 6. The highest BCUT2D eigenvalue weighted by Crippen LogP contribution is 2.52. The van der Waals surface area contributed by atoms with Crippen molar-refractivity contribution >= 4 is 34.7 Å². The Balaban J connectivity index is 1.55. The lowest BCUT2D eigenvalue weighted by molar-refractivity contribution is -0.116. The van der Waals surface area contributed by atoms with Crippen molar-refractivity contribution in [3.63, 3.8) is 0 Å². The topological polar surface area (TPSA) is 59.8 Å². The van der Waals surface area contributed by atoms with E-state index in [2.05, 4.69) is 32.4 Å². The van der Waals surface area contributed by atoms with E-state index in [-0.39, 0.29) is 5.91 Å². The minimum atomic E-state index is -0.429. The summed E-state index contributed by atoms with van der Waals surface area (Å²) in [7, 11) is 0. The van der Waals surface area contributed by atoms with Gasteiger partial charge in [-0.25, -0.2) is 0 Å². The summed E-state index contributed by atoms with van der Waals surface area (Å²) in [5.41, 5.74) is 1.90. The summed E-state index contributed by atoms with van der Waals surface area (Å²) in [6.45, 7) is 2.85. The zero-order valence-electron chi connectivity index (χ0n) is 13.8. The molecule has 1 amide bonds. The zero-order chi connectivity index (χ0) is 17.3. The first-order chi connectivity index (χ1) is 12.2. The van der Waals surface area contributed by atoms with Gasteiger partial charge in [-0.1, -0.05) is 30.0 Å². The summed E-state index contributed by atoms with van der Waals surface area (Å²) in [4.78, 5) is 12.7. The average Bonchev–Trinajstić information content (AvgIpc) is 3.05.